The van der Waals surface area contributed by atoms with Crippen molar-refractivity contribution in [1.82, 2.24) is 5.32 Å². The van der Waals surface area contributed by atoms with Crippen LogP contribution < -0.4 is 5.32 Å². The van der Waals surface area contributed by atoms with Gasteiger partial charge in [0, 0.05) is 0 Å². The molecule has 0 aromatic carbocycles. The molecule has 1 rings (SSSR count). The summed E-state index contributed by atoms with van der Waals surface area (Å²) in [6.07, 6.45) is 40.5. The van der Waals surface area contributed by atoms with E-state index in [2.05, 4.69) is 55.6 Å². The van der Waals surface area contributed by atoms with Crippen molar-refractivity contribution in [3.8, 4) is 0 Å². The Morgan fingerprint density at radius 2 is 0.983 bits per heavy atom. The average molecular weight is 850 g/mol. The molecule has 0 aliphatic carbocycles. The molecule has 1 aliphatic heterocycles. The molecule has 1 fully saturated rings. The molecule has 10 heteroatoms. The molecule has 0 aromatic heterocycles. The van der Waals surface area contributed by atoms with Gasteiger partial charge in [-0.2, -0.15) is 0 Å². The normalized spacial score (nSPS) is 21.5. The van der Waals surface area contributed by atoms with Crippen LogP contribution in [0.3, 0.4) is 0 Å². The van der Waals surface area contributed by atoms with E-state index >= 15 is 0 Å². The summed E-state index contributed by atoms with van der Waals surface area (Å²) in [7, 11) is 0. The van der Waals surface area contributed by atoms with E-state index in [0.29, 0.717) is 19.3 Å². The summed E-state index contributed by atoms with van der Waals surface area (Å²) >= 11 is 0. The Morgan fingerprint density at radius 3 is 1.45 bits per heavy atom. The first-order valence-corrected chi connectivity index (χ1v) is 24.5. The van der Waals surface area contributed by atoms with E-state index < -0.39 is 61.5 Å². The van der Waals surface area contributed by atoms with E-state index in [-0.39, 0.29) is 6.61 Å². The van der Waals surface area contributed by atoms with Gasteiger partial charge in [0.15, 0.2) is 6.29 Å². The van der Waals surface area contributed by atoms with Gasteiger partial charge in [0.1, 0.15) is 30.5 Å². The Bertz CT molecular complexity index is 1100. The van der Waals surface area contributed by atoms with Gasteiger partial charge in [-0.3, -0.25) is 4.79 Å². The number of hydrogen-bond donors (Lipinski definition) is 7. The predicted octanol–water partition coefficient (Wildman–Crippen LogP) is 9.59. The molecule has 0 radical (unpaired) electrons. The van der Waals surface area contributed by atoms with E-state index in [4.69, 9.17) is 9.47 Å². The fourth-order valence-corrected chi connectivity index (χ4v) is 7.42. The molecule has 1 aliphatic rings. The van der Waals surface area contributed by atoms with E-state index in [9.17, 15) is 35.4 Å². The van der Waals surface area contributed by atoms with Gasteiger partial charge in [-0.15, -0.1) is 0 Å². The maximum absolute atomic E-state index is 13.1. The third-order valence-corrected chi connectivity index (χ3v) is 11.5. The molecule has 0 saturated carbocycles. The smallest absolute Gasteiger partial charge is 0.249 e. The number of aliphatic hydroxyl groups is 6. The van der Waals surface area contributed by atoms with Crippen LogP contribution >= 0.6 is 0 Å². The molecule has 8 atom stereocenters. The number of rotatable bonds is 40. The minimum Gasteiger partial charge on any atom is -0.394 e. The third-order valence-electron chi connectivity index (χ3n) is 11.5. The van der Waals surface area contributed by atoms with Crippen molar-refractivity contribution in [2.75, 3.05) is 13.2 Å². The Morgan fingerprint density at radius 1 is 0.567 bits per heavy atom. The molecular formula is C50H91NO9. The van der Waals surface area contributed by atoms with Crippen LogP contribution in [0.15, 0.2) is 48.6 Å². The van der Waals surface area contributed by atoms with Crippen molar-refractivity contribution in [3.63, 3.8) is 0 Å². The van der Waals surface area contributed by atoms with Crippen molar-refractivity contribution < 1.29 is 44.9 Å². The fourth-order valence-electron chi connectivity index (χ4n) is 7.42. The van der Waals surface area contributed by atoms with Crippen LogP contribution in [-0.4, -0.2) is 98.7 Å². The maximum Gasteiger partial charge on any atom is 0.249 e. The topological polar surface area (TPSA) is 169 Å². The molecule has 0 spiro atoms. The van der Waals surface area contributed by atoms with Crippen LogP contribution in [0.25, 0.3) is 0 Å². The highest BCUT2D eigenvalue weighted by Crippen LogP contribution is 2.22. The lowest BCUT2D eigenvalue weighted by molar-refractivity contribution is -0.302. The number of amides is 1. The van der Waals surface area contributed by atoms with Crippen LogP contribution in [0.4, 0.5) is 0 Å². The van der Waals surface area contributed by atoms with Gasteiger partial charge in [0.05, 0.1) is 25.4 Å². The monoisotopic (exact) mass is 850 g/mol. The SMILES string of the molecule is CCCCCCCC/C=C/CC/C=C/CC/C=C/C(O)C(COC1OC(CO)C(O)C(O)C1O)NC(=O)C(O)CCCCCCCC/C=C\CCCCCCCCCCC. The number of allylic oxidation sites excluding steroid dienone is 7. The van der Waals surface area contributed by atoms with Crippen LogP contribution in [0.5, 0.6) is 0 Å². The number of hydrogen-bond acceptors (Lipinski definition) is 9. The van der Waals surface area contributed by atoms with Crippen molar-refractivity contribution in [2.45, 2.75) is 249 Å². The third kappa shape index (κ3) is 29.4. The molecule has 10 nitrogen and oxygen atoms in total. The molecule has 7 N–H and O–H groups in total. The van der Waals surface area contributed by atoms with E-state index in [1.165, 1.54) is 116 Å². The van der Waals surface area contributed by atoms with E-state index in [1.807, 2.05) is 6.08 Å². The number of unbranched alkanes of at least 4 members (excludes halogenated alkanes) is 23. The van der Waals surface area contributed by atoms with Crippen molar-refractivity contribution in [3.05, 3.63) is 48.6 Å². The summed E-state index contributed by atoms with van der Waals surface area (Å²) in [5.41, 5.74) is 0. The van der Waals surface area contributed by atoms with Crippen LogP contribution in [0, 0.1) is 0 Å². The second kappa shape index (κ2) is 39.9. The number of carbonyl (C=O) groups excluding carboxylic acids is 1. The highest BCUT2D eigenvalue weighted by atomic mass is 16.7. The fraction of sp³-hybridized carbons (Fsp3) is 0.820. The lowest BCUT2D eigenvalue weighted by Crippen LogP contribution is -2.60. The molecular weight excluding hydrogens is 759 g/mol. The molecule has 1 amide bonds. The summed E-state index contributed by atoms with van der Waals surface area (Å²) in [4.78, 5) is 13.1. The van der Waals surface area contributed by atoms with Gasteiger partial charge < -0.3 is 45.4 Å². The highest BCUT2D eigenvalue weighted by Gasteiger charge is 2.44. The first-order valence-electron chi connectivity index (χ1n) is 24.5. The summed E-state index contributed by atoms with van der Waals surface area (Å²) < 4.78 is 11.1. The van der Waals surface area contributed by atoms with Crippen molar-refractivity contribution >= 4 is 5.91 Å². The first-order chi connectivity index (χ1) is 29.3. The quantitative estimate of drug-likeness (QED) is 0.0235. The van der Waals surface area contributed by atoms with E-state index in [0.717, 1.165) is 51.4 Å². The molecule has 8 unspecified atom stereocenters. The van der Waals surface area contributed by atoms with Crippen LogP contribution in [0.2, 0.25) is 0 Å². The Kier molecular flexibility index (Phi) is 37.3. The molecule has 0 bridgehead atoms. The minimum atomic E-state index is -1.62. The average Bonchev–Trinajstić information content (AvgIpc) is 3.25. The Labute approximate surface area is 366 Å². The zero-order valence-electron chi connectivity index (χ0n) is 38.1. The standard InChI is InChI=1S/C50H91NO9/c1-3-5-7-9-11-13-15-17-19-21-22-23-25-27-29-31-33-35-37-39-44(54)49(58)51-42(41-59-50-48(57)47(56)46(55)45(40-52)60-50)43(53)38-36-34-32-30-28-26-24-20-18-16-14-12-10-8-6-4-2/h18,20,22-23,28,30,36,38,42-48,50,52-57H,3-17,19,21,24-27,29,31-35,37,39-41H2,1-2H3,(H,51,58)/b20-18+,23-22-,30-28+,38-36+. The molecule has 0 aromatic rings. The van der Waals surface area contributed by atoms with Gasteiger partial charge in [-0.05, 0) is 70.6 Å². The zero-order chi connectivity index (χ0) is 43.9. The number of aliphatic hydroxyl groups excluding tert-OH is 6. The second-order valence-electron chi connectivity index (χ2n) is 17.0. The molecule has 60 heavy (non-hydrogen) atoms. The van der Waals surface area contributed by atoms with Crippen molar-refractivity contribution in [1.29, 1.82) is 0 Å². The summed E-state index contributed by atoms with van der Waals surface area (Å²) in [6.45, 7) is 3.57. The summed E-state index contributed by atoms with van der Waals surface area (Å²) in [5, 5.41) is 64.7. The highest BCUT2D eigenvalue weighted by molar-refractivity contribution is 5.80. The van der Waals surface area contributed by atoms with Gasteiger partial charge in [-0.25, -0.2) is 0 Å². The number of carbonyl (C=O) groups is 1. The number of nitrogens with one attached hydrogen (secondary N) is 1. The first kappa shape index (κ1) is 56.1. The van der Waals surface area contributed by atoms with Crippen molar-refractivity contribution in [2.24, 2.45) is 0 Å². The molecule has 1 saturated heterocycles. The molecule has 350 valence electrons. The lowest BCUT2D eigenvalue weighted by atomic mass is 9.99. The lowest BCUT2D eigenvalue weighted by Gasteiger charge is -2.40. The van der Waals surface area contributed by atoms with E-state index in [1.54, 1.807) is 6.08 Å². The van der Waals surface area contributed by atoms with Gasteiger partial charge in [-0.1, -0.05) is 178 Å². The number of ether oxygens (including phenoxy) is 2. The Balaban J connectivity index is 2.42. The maximum atomic E-state index is 13.1. The van der Waals surface area contributed by atoms with Crippen LogP contribution in [-0.2, 0) is 14.3 Å². The van der Waals surface area contributed by atoms with Gasteiger partial charge >= 0.3 is 0 Å². The molecule has 1 heterocycles. The second-order valence-corrected chi connectivity index (χ2v) is 17.0. The Hall–Kier alpha value is -1.89. The summed E-state index contributed by atoms with van der Waals surface area (Å²) in [5.74, 6) is -0.636. The van der Waals surface area contributed by atoms with Gasteiger partial charge in [0.2, 0.25) is 5.91 Å². The predicted molar refractivity (Wildman–Crippen MR) is 245 cm³/mol. The zero-order valence-corrected chi connectivity index (χ0v) is 38.1. The van der Waals surface area contributed by atoms with Crippen LogP contribution in [0.1, 0.15) is 200 Å². The minimum absolute atomic E-state index is 0.293. The largest absolute Gasteiger partial charge is 0.394 e. The summed E-state index contributed by atoms with van der Waals surface area (Å²) in [6, 6.07) is -1.01. The van der Waals surface area contributed by atoms with Gasteiger partial charge in [0.25, 0.3) is 0 Å².